The van der Waals surface area contributed by atoms with Crippen molar-refractivity contribution >= 4 is 43.5 Å². The fourth-order valence-electron chi connectivity index (χ4n) is 1.06. The van der Waals surface area contributed by atoms with Gasteiger partial charge in [0.15, 0.2) is 0 Å². The van der Waals surface area contributed by atoms with Gasteiger partial charge in [0.1, 0.15) is 4.60 Å². The molecule has 82 valence electrons. The molecule has 0 aliphatic heterocycles. The van der Waals surface area contributed by atoms with Crippen LogP contribution in [0.4, 0.5) is 5.69 Å². The number of pyridine rings is 1. The highest BCUT2D eigenvalue weighted by molar-refractivity contribution is 9.10. The molecule has 15 heavy (non-hydrogen) atoms. The molecule has 1 N–H and O–H groups in total. The highest BCUT2D eigenvalue weighted by Gasteiger charge is 2.13. The van der Waals surface area contributed by atoms with Crippen LogP contribution in [0.1, 0.15) is 19.0 Å². The molecule has 0 aliphatic carbocycles. The van der Waals surface area contributed by atoms with Gasteiger partial charge in [-0.3, -0.25) is 4.79 Å². The van der Waals surface area contributed by atoms with Crippen LogP contribution in [0.5, 0.6) is 0 Å². The number of amides is 1. The quantitative estimate of drug-likeness (QED) is 0.680. The standard InChI is InChI=1S/C10H12Br2N2O/c1-3-7(11)10(15)14-8-4-5-9(12)13-6(8)2/h4-5,7H,3H2,1-2H3,(H,14,15). The van der Waals surface area contributed by atoms with Gasteiger partial charge >= 0.3 is 0 Å². The molecule has 0 bridgehead atoms. The average Bonchev–Trinajstić information content (AvgIpc) is 2.20. The number of nitrogens with zero attached hydrogens (tertiary/aromatic N) is 1. The van der Waals surface area contributed by atoms with E-state index in [1.54, 1.807) is 6.07 Å². The van der Waals surface area contributed by atoms with Gasteiger partial charge in [-0.15, -0.1) is 0 Å². The molecule has 1 atom stereocenters. The molecule has 3 nitrogen and oxygen atoms in total. The molecule has 0 radical (unpaired) electrons. The van der Waals surface area contributed by atoms with Gasteiger partial charge in [-0.2, -0.15) is 0 Å². The maximum Gasteiger partial charge on any atom is 0.238 e. The number of aromatic nitrogens is 1. The first kappa shape index (κ1) is 12.6. The average molecular weight is 336 g/mol. The lowest BCUT2D eigenvalue weighted by Crippen LogP contribution is -2.22. The second-order valence-corrected chi connectivity index (χ2v) is 5.05. The number of anilines is 1. The van der Waals surface area contributed by atoms with Crippen LogP contribution in [0.2, 0.25) is 0 Å². The number of hydrogen-bond donors (Lipinski definition) is 1. The monoisotopic (exact) mass is 334 g/mol. The summed E-state index contributed by atoms with van der Waals surface area (Å²) in [5, 5.41) is 2.82. The second-order valence-electron chi connectivity index (χ2n) is 3.13. The van der Waals surface area contributed by atoms with Crippen molar-refractivity contribution in [2.24, 2.45) is 0 Å². The summed E-state index contributed by atoms with van der Waals surface area (Å²) in [5.41, 5.74) is 1.55. The summed E-state index contributed by atoms with van der Waals surface area (Å²) < 4.78 is 0.767. The fraction of sp³-hybridized carbons (Fsp3) is 0.400. The van der Waals surface area contributed by atoms with E-state index in [0.717, 1.165) is 22.4 Å². The third-order valence-corrected chi connectivity index (χ3v) is 3.46. The van der Waals surface area contributed by atoms with Gasteiger partial charge in [0, 0.05) is 0 Å². The maximum atomic E-state index is 11.6. The zero-order valence-corrected chi connectivity index (χ0v) is 11.7. The Hall–Kier alpha value is -0.420. The highest BCUT2D eigenvalue weighted by Crippen LogP contribution is 2.17. The Morgan fingerprint density at radius 3 is 2.80 bits per heavy atom. The second kappa shape index (κ2) is 5.61. The van der Waals surface area contributed by atoms with Crippen LogP contribution < -0.4 is 5.32 Å². The molecule has 0 fully saturated rings. The lowest BCUT2D eigenvalue weighted by atomic mass is 10.3. The van der Waals surface area contributed by atoms with E-state index in [4.69, 9.17) is 0 Å². The summed E-state index contributed by atoms with van der Waals surface area (Å²) in [6, 6.07) is 3.64. The molecule has 1 aromatic heterocycles. The van der Waals surface area contributed by atoms with Crippen LogP contribution >= 0.6 is 31.9 Å². The molecule has 0 saturated carbocycles. The van der Waals surface area contributed by atoms with Gasteiger partial charge in [0.25, 0.3) is 0 Å². The number of carbonyl (C=O) groups is 1. The van der Waals surface area contributed by atoms with E-state index in [-0.39, 0.29) is 10.7 Å². The summed E-state index contributed by atoms with van der Waals surface area (Å²) >= 11 is 6.57. The molecule has 0 aromatic carbocycles. The summed E-state index contributed by atoms with van der Waals surface area (Å²) in [5.74, 6) is -0.0373. The molecule has 1 aromatic rings. The lowest BCUT2D eigenvalue weighted by Gasteiger charge is -2.10. The Bertz CT molecular complexity index is 368. The molecule has 0 saturated heterocycles. The minimum absolute atomic E-state index is 0.0373. The van der Waals surface area contributed by atoms with Crippen molar-refractivity contribution in [3.63, 3.8) is 0 Å². The van der Waals surface area contributed by atoms with Crippen molar-refractivity contribution in [2.45, 2.75) is 25.1 Å². The SMILES string of the molecule is CCC(Br)C(=O)Nc1ccc(Br)nc1C. The van der Waals surface area contributed by atoms with Crippen molar-refractivity contribution in [2.75, 3.05) is 5.32 Å². The smallest absolute Gasteiger partial charge is 0.238 e. The minimum Gasteiger partial charge on any atom is -0.324 e. The molecule has 0 aliphatic rings. The summed E-state index contributed by atoms with van der Waals surface area (Å²) in [4.78, 5) is 15.6. The van der Waals surface area contributed by atoms with E-state index >= 15 is 0 Å². The predicted molar refractivity (Wildman–Crippen MR) is 68.3 cm³/mol. The van der Waals surface area contributed by atoms with Crippen molar-refractivity contribution in [1.29, 1.82) is 0 Å². The van der Waals surface area contributed by atoms with Crippen LogP contribution in [0.25, 0.3) is 0 Å². The van der Waals surface area contributed by atoms with E-state index in [1.165, 1.54) is 0 Å². The number of carbonyl (C=O) groups excluding carboxylic acids is 1. The van der Waals surface area contributed by atoms with Crippen LogP contribution in [-0.4, -0.2) is 15.7 Å². The Morgan fingerprint density at radius 2 is 2.27 bits per heavy atom. The number of hydrogen-bond acceptors (Lipinski definition) is 2. The molecule has 1 heterocycles. The zero-order valence-electron chi connectivity index (χ0n) is 8.55. The normalized spacial score (nSPS) is 12.3. The molecule has 1 rings (SSSR count). The predicted octanol–water partition coefficient (Wildman–Crippen LogP) is 3.26. The van der Waals surface area contributed by atoms with Gasteiger partial charge in [0.05, 0.1) is 16.2 Å². The third-order valence-electron chi connectivity index (χ3n) is 1.95. The molecule has 0 spiro atoms. The molecule has 1 unspecified atom stereocenters. The van der Waals surface area contributed by atoms with E-state index in [2.05, 4.69) is 42.2 Å². The summed E-state index contributed by atoms with van der Waals surface area (Å²) in [6.45, 7) is 3.81. The number of nitrogens with one attached hydrogen (secondary N) is 1. The molecular weight excluding hydrogens is 324 g/mol. The lowest BCUT2D eigenvalue weighted by molar-refractivity contribution is -0.115. The Morgan fingerprint density at radius 1 is 1.60 bits per heavy atom. The fourth-order valence-corrected chi connectivity index (χ4v) is 1.57. The van der Waals surface area contributed by atoms with Crippen LogP contribution in [0.3, 0.4) is 0 Å². The van der Waals surface area contributed by atoms with E-state index in [9.17, 15) is 4.79 Å². The number of alkyl halides is 1. The van der Waals surface area contributed by atoms with Gasteiger partial charge < -0.3 is 5.32 Å². The first-order valence-electron chi connectivity index (χ1n) is 4.62. The van der Waals surface area contributed by atoms with Gasteiger partial charge in [-0.25, -0.2) is 4.98 Å². The van der Waals surface area contributed by atoms with Crippen molar-refractivity contribution < 1.29 is 4.79 Å². The van der Waals surface area contributed by atoms with E-state index < -0.39 is 0 Å². The van der Waals surface area contributed by atoms with Crippen molar-refractivity contribution in [3.05, 3.63) is 22.4 Å². The zero-order chi connectivity index (χ0) is 11.4. The first-order chi connectivity index (χ1) is 7.04. The topological polar surface area (TPSA) is 42.0 Å². The minimum atomic E-state index is -0.152. The van der Waals surface area contributed by atoms with E-state index in [1.807, 2.05) is 19.9 Å². The van der Waals surface area contributed by atoms with Gasteiger partial charge in [-0.05, 0) is 41.4 Å². The molecule has 5 heteroatoms. The van der Waals surface area contributed by atoms with Gasteiger partial charge in [-0.1, -0.05) is 22.9 Å². The van der Waals surface area contributed by atoms with Crippen LogP contribution in [-0.2, 0) is 4.79 Å². The van der Waals surface area contributed by atoms with Crippen LogP contribution in [0, 0.1) is 6.92 Å². The number of halogens is 2. The third kappa shape index (κ3) is 3.57. The Labute approximate surface area is 106 Å². The molecule has 1 amide bonds. The number of aryl methyl sites for hydroxylation is 1. The molecular formula is C10H12Br2N2O. The largest absolute Gasteiger partial charge is 0.324 e. The van der Waals surface area contributed by atoms with Crippen molar-refractivity contribution in [1.82, 2.24) is 4.98 Å². The number of rotatable bonds is 3. The Kier molecular flexibility index (Phi) is 4.73. The van der Waals surface area contributed by atoms with Crippen molar-refractivity contribution in [3.8, 4) is 0 Å². The Balaban J connectivity index is 2.77. The summed E-state index contributed by atoms with van der Waals surface area (Å²) in [7, 11) is 0. The highest BCUT2D eigenvalue weighted by atomic mass is 79.9. The summed E-state index contributed by atoms with van der Waals surface area (Å²) in [6.07, 6.45) is 0.759. The van der Waals surface area contributed by atoms with Crippen LogP contribution in [0.15, 0.2) is 16.7 Å². The van der Waals surface area contributed by atoms with E-state index in [0.29, 0.717) is 0 Å². The first-order valence-corrected chi connectivity index (χ1v) is 6.33. The maximum absolute atomic E-state index is 11.6. The van der Waals surface area contributed by atoms with Gasteiger partial charge in [0.2, 0.25) is 5.91 Å².